The first-order valence-corrected chi connectivity index (χ1v) is 23.8. The highest BCUT2D eigenvalue weighted by Gasteiger charge is 2.66. The lowest BCUT2D eigenvalue weighted by molar-refractivity contribution is -0.154. The van der Waals surface area contributed by atoms with E-state index in [0.29, 0.717) is 24.3 Å². The average molecular weight is 879 g/mol. The number of methoxy groups -OCH3 is 1. The molecule has 4 aromatic carbocycles. The second-order valence-corrected chi connectivity index (χ2v) is 21.9. The highest BCUT2D eigenvalue weighted by molar-refractivity contribution is 9.10. The van der Waals surface area contributed by atoms with E-state index in [9.17, 15) is 14.7 Å². The molecule has 59 heavy (non-hydrogen) atoms. The smallest absolute Gasteiger partial charge is 0.304 e. The third-order valence-corrected chi connectivity index (χ3v) is 17.3. The Balaban J connectivity index is 1.13. The van der Waals surface area contributed by atoms with Crippen LogP contribution in [0.3, 0.4) is 0 Å². The third kappa shape index (κ3) is 7.30. The van der Waals surface area contributed by atoms with E-state index in [2.05, 4.69) is 58.4 Å². The number of halogens is 1. The van der Waals surface area contributed by atoms with Crippen LogP contribution in [0.4, 0.5) is 11.4 Å². The van der Waals surface area contributed by atoms with Gasteiger partial charge in [-0.05, 0) is 65.6 Å². The molecule has 3 aliphatic heterocycles. The summed E-state index contributed by atoms with van der Waals surface area (Å²) in [4.78, 5) is 43.1. The number of carbonyl (C=O) groups excluding carboxylic acids is 3. The lowest BCUT2D eigenvalue weighted by Gasteiger charge is -2.39. The molecule has 5 aromatic rings. The van der Waals surface area contributed by atoms with Gasteiger partial charge in [-0.2, -0.15) is 0 Å². The van der Waals surface area contributed by atoms with Crippen molar-refractivity contribution in [2.75, 3.05) is 23.5 Å². The third-order valence-electron chi connectivity index (χ3n) is 12.5. The van der Waals surface area contributed by atoms with Gasteiger partial charge in [0.2, 0.25) is 5.91 Å². The van der Waals surface area contributed by atoms with Gasteiger partial charge in [0, 0.05) is 41.3 Å². The summed E-state index contributed by atoms with van der Waals surface area (Å²) in [6.45, 7) is 8.85. The summed E-state index contributed by atoms with van der Waals surface area (Å²) in [6.07, 6.45) is 1.62. The molecule has 0 bridgehead atoms. The van der Waals surface area contributed by atoms with Gasteiger partial charge in [-0.1, -0.05) is 101 Å². The number of aryl methyl sites for hydroxylation is 1. The molecule has 2 unspecified atom stereocenters. The van der Waals surface area contributed by atoms with E-state index in [0.717, 1.165) is 32.6 Å². The van der Waals surface area contributed by atoms with Crippen molar-refractivity contribution in [2.24, 2.45) is 5.92 Å². The predicted molar refractivity (Wildman–Crippen MR) is 229 cm³/mol. The molecule has 12 nitrogen and oxygen atoms in total. The fourth-order valence-electron chi connectivity index (χ4n) is 9.58. The van der Waals surface area contributed by atoms with Crippen molar-refractivity contribution in [1.82, 2.24) is 15.0 Å². The van der Waals surface area contributed by atoms with Gasteiger partial charge >= 0.3 is 5.97 Å². The lowest BCUT2D eigenvalue weighted by Crippen LogP contribution is -2.54. The van der Waals surface area contributed by atoms with Gasteiger partial charge in [0.05, 0.1) is 58.2 Å². The van der Waals surface area contributed by atoms with Crippen molar-refractivity contribution in [3.8, 4) is 5.75 Å². The normalized spacial score (nSPS) is 23.0. The number of hydrogen-bond donors (Lipinski definition) is 1. The Hall–Kier alpha value is -5.15. The fraction of sp³-hybridized carbons (Fsp3) is 0.356. The molecule has 1 spiro atoms. The van der Waals surface area contributed by atoms with Crippen molar-refractivity contribution in [3.05, 3.63) is 130 Å². The number of ether oxygens (including phenoxy) is 3. The van der Waals surface area contributed by atoms with Crippen LogP contribution in [0.25, 0.3) is 0 Å². The van der Waals surface area contributed by atoms with E-state index >= 15 is 4.79 Å². The highest BCUT2D eigenvalue weighted by atomic mass is 79.9. The predicted octanol–water partition coefficient (Wildman–Crippen LogP) is 6.65. The maximum absolute atomic E-state index is 15.4. The second kappa shape index (κ2) is 16.1. The van der Waals surface area contributed by atoms with Gasteiger partial charge in [0.15, 0.2) is 11.8 Å². The zero-order chi connectivity index (χ0) is 41.6. The largest absolute Gasteiger partial charge is 0.497 e. The fourth-order valence-corrected chi connectivity index (χ4v) is 14.0. The Kier molecular flexibility index (Phi) is 11.1. The van der Waals surface area contributed by atoms with E-state index in [-0.39, 0.29) is 54.9 Å². The number of β-lactam (4-membered cyclic amide) rings is 1. The Morgan fingerprint density at radius 2 is 1.80 bits per heavy atom. The number of esters is 1. The van der Waals surface area contributed by atoms with E-state index in [1.165, 1.54) is 17.0 Å². The standard InChI is InChI=1S/C45H48BrN5O7Si/c1-28-43(59(4,5)35-17-15-34(56-3)16-18-35)40(20-21-49-26-38(47-48-49)36(27-52)31-11-7-6-8-12-31)58-45(28)37-23-32(46)14-19-39(37)50(44(45)55)25-30-10-9-13-33(22-30)51-41(54)24-42(51)57-29(2)53/h6-19,22-23,26,28,36,40,42-43,52H,20-21,24-25,27H2,1-5H3/t28-,36?,40+,42?,43-,45+/m1/s1. The topological polar surface area (TPSA) is 136 Å². The molecule has 4 heterocycles. The molecule has 8 rings (SSSR count). The van der Waals surface area contributed by atoms with Gasteiger partial charge in [-0.25, -0.2) is 0 Å². The summed E-state index contributed by atoms with van der Waals surface area (Å²) >= 11 is 3.71. The zero-order valence-electron chi connectivity index (χ0n) is 33.7. The van der Waals surface area contributed by atoms with E-state index in [1.807, 2.05) is 101 Å². The molecule has 3 aliphatic rings. The van der Waals surface area contributed by atoms with Crippen molar-refractivity contribution in [2.45, 2.75) is 82.3 Å². The summed E-state index contributed by atoms with van der Waals surface area (Å²) in [6, 6.07) is 31.5. The Bertz CT molecular complexity index is 2380. The molecule has 2 amide bonds. The first-order valence-electron chi connectivity index (χ1n) is 19.9. The van der Waals surface area contributed by atoms with Crippen LogP contribution in [0, 0.1) is 5.92 Å². The molecule has 6 atom stereocenters. The summed E-state index contributed by atoms with van der Waals surface area (Å²) in [5.41, 5.74) is 3.38. The van der Waals surface area contributed by atoms with Gasteiger partial charge in [-0.15, -0.1) is 5.10 Å². The molecular formula is C45H48BrN5O7Si. The molecule has 0 radical (unpaired) electrons. The van der Waals surface area contributed by atoms with Crippen LogP contribution >= 0.6 is 15.9 Å². The monoisotopic (exact) mass is 877 g/mol. The Morgan fingerprint density at radius 1 is 1.03 bits per heavy atom. The first-order chi connectivity index (χ1) is 28.3. The number of hydrogen-bond acceptors (Lipinski definition) is 9. The summed E-state index contributed by atoms with van der Waals surface area (Å²) in [7, 11) is -0.758. The summed E-state index contributed by atoms with van der Waals surface area (Å²) in [5.74, 6) is -0.468. The number of fused-ring (bicyclic) bond motifs is 2. The maximum Gasteiger partial charge on any atom is 0.304 e. The molecule has 306 valence electrons. The van der Waals surface area contributed by atoms with E-state index in [4.69, 9.17) is 14.2 Å². The zero-order valence-corrected chi connectivity index (χ0v) is 36.3. The van der Waals surface area contributed by atoms with Crippen molar-refractivity contribution in [1.29, 1.82) is 0 Å². The summed E-state index contributed by atoms with van der Waals surface area (Å²) < 4.78 is 20.9. The highest BCUT2D eigenvalue weighted by Crippen LogP contribution is 2.60. The minimum atomic E-state index is -2.42. The Morgan fingerprint density at radius 3 is 2.49 bits per heavy atom. The number of benzene rings is 4. The number of aliphatic hydroxyl groups excluding tert-OH is 1. The Labute approximate surface area is 353 Å². The molecule has 1 aromatic heterocycles. The SMILES string of the molecule is COc1ccc([Si](C)(C)[C@H]2[C@H](CCn3cc(C(CO)c4ccccc4)nn3)O[C@@]3(C(=O)N(Cc4cccc(N5C(=O)CC5OC(C)=O)c4)c4ccc(Br)cc43)[C@@H]2C)cc1. The molecule has 2 saturated heterocycles. The molecular weight excluding hydrogens is 831 g/mol. The number of aliphatic hydroxyl groups is 1. The quantitative estimate of drug-likeness (QED) is 0.0784. The number of carbonyl (C=O) groups is 3. The van der Waals surface area contributed by atoms with Crippen LogP contribution in [0.1, 0.15) is 55.0 Å². The second-order valence-electron chi connectivity index (χ2n) is 16.3. The van der Waals surface area contributed by atoms with Crippen LogP contribution in [0.2, 0.25) is 18.6 Å². The van der Waals surface area contributed by atoms with Crippen LogP contribution in [-0.4, -0.2) is 72.0 Å². The first kappa shape index (κ1) is 40.6. The molecule has 0 saturated carbocycles. The van der Waals surface area contributed by atoms with Crippen molar-refractivity contribution < 1.29 is 33.7 Å². The van der Waals surface area contributed by atoms with Gasteiger partial charge in [0.1, 0.15) is 5.75 Å². The lowest BCUT2D eigenvalue weighted by atomic mass is 9.82. The minimum absolute atomic E-state index is 0.00286. The number of anilines is 2. The number of aromatic nitrogens is 3. The molecule has 1 N–H and O–H groups in total. The van der Waals surface area contributed by atoms with Crippen molar-refractivity contribution >= 4 is 58.3 Å². The number of amides is 2. The average Bonchev–Trinajstić information content (AvgIpc) is 3.87. The van der Waals surface area contributed by atoms with Gasteiger partial charge in [-0.3, -0.25) is 24.0 Å². The number of nitrogens with zero attached hydrogens (tertiary/aromatic N) is 5. The number of rotatable bonds is 13. The van der Waals surface area contributed by atoms with Crippen molar-refractivity contribution in [3.63, 3.8) is 0 Å². The van der Waals surface area contributed by atoms with Crippen LogP contribution in [0.5, 0.6) is 5.75 Å². The van der Waals surface area contributed by atoms with Crippen LogP contribution in [0.15, 0.2) is 108 Å². The van der Waals surface area contributed by atoms with E-state index < -0.39 is 25.9 Å². The van der Waals surface area contributed by atoms with Crippen LogP contribution in [-0.2, 0) is 42.5 Å². The van der Waals surface area contributed by atoms with E-state index in [1.54, 1.807) is 7.11 Å². The summed E-state index contributed by atoms with van der Waals surface area (Å²) in [5, 5.41) is 20.5. The van der Waals surface area contributed by atoms with Gasteiger partial charge in [0.25, 0.3) is 5.91 Å². The molecule has 0 aliphatic carbocycles. The molecule has 14 heteroatoms. The maximum atomic E-state index is 15.4. The van der Waals surface area contributed by atoms with Gasteiger partial charge < -0.3 is 24.2 Å². The van der Waals surface area contributed by atoms with Crippen LogP contribution < -0.4 is 19.7 Å². The molecule has 2 fully saturated rings. The minimum Gasteiger partial charge on any atom is -0.497 e.